The molecule has 8 aliphatic heterocycles. The van der Waals surface area contributed by atoms with Crippen molar-refractivity contribution in [2.75, 3.05) is 23.0 Å². The second-order valence-electron chi connectivity index (χ2n) is 17.2. The van der Waals surface area contributed by atoms with Crippen molar-refractivity contribution in [2.24, 2.45) is 47.0 Å². The van der Waals surface area contributed by atoms with Crippen molar-refractivity contribution in [2.45, 2.75) is 99.8 Å². The number of rotatable bonds is 2. The maximum absolute atomic E-state index is 13.5. The smallest absolute Gasteiger partial charge is 0.365 e. The van der Waals surface area contributed by atoms with Crippen molar-refractivity contribution in [1.29, 1.82) is 10.5 Å². The van der Waals surface area contributed by atoms with Crippen molar-refractivity contribution < 1.29 is 54.9 Å². The summed E-state index contributed by atoms with van der Waals surface area (Å²) >= 11 is 0. The van der Waals surface area contributed by atoms with Crippen molar-refractivity contribution in [3.05, 3.63) is 58.7 Å². The summed E-state index contributed by atoms with van der Waals surface area (Å²) in [5.41, 5.74) is 6.88. The molecule has 0 radical (unpaired) electrons. The fraction of sp³-hybridized carbons (Fsp3) is 0.600. The molecule has 0 aromatic heterocycles. The van der Waals surface area contributed by atoms with Gasteiger partial charge in [0.1, 0.15) is 12.5 Å². The monoisotopic (exact) mass is 814 g/mol. The van der Waals surface area contributed by atoms with Crippen LogP contribution in [0.5, 0.6) is 0 Å². The fourth-order valence-corrected chi connectivity index (χ4v) is 12.3. The average Bonchev–Trinajstić information content (AvgIpc) is 3.93. The molecule has 18 heteroatoms. The Kier molecular flexibility index (Phi) is 8.20. The molecule has 2 aromatic carbocycles. The van der Waals surface area contributed by atoms with Crippen molar-refractivity contribution in [1.82, 2.24) is 0 Å². The van der Waals surface area contributed by atoms with E-state index in [1.165, 1.54) is 21.9 Å². The van der Waals surface area contributed by atoms with Gasteiger partial charge in [-0.2, -0.15) is 36.9 Å². The Morgan fingerprint density at radius 1 is 0.690 bits per heavy atom. The normalized spacial score (nSPS) is 42.9. The Bertz CT molecular complexity index is 2070. The SMILES string of the molecule is C[C@@H]1[C@@H](N)[C@]2(C)O[C@]13CCO[C@@H]1[C@H]3[C@H]2C(=O)N1c1ccc(C#N)c(C(F)(F)F)c1.C[C@H]1[C@H](N)[C@@]2(C)O[C@@]13CCO[C@H]1[C@@H]3[C@@H]2C(=O)N1c1ccc(C#N)c(C(F)(F)F)c1. The van der Waals surface area contributed by atoms with Gasteiger partial charge in [0, 0.05) is 60.0 Å². The largest absolute Gasteiger partial charge is 0.417 e. The van der Waals surface area contributed by atoms with Crippen LogP contribution in [0.4, 0.5) is 37.7 Å². The number of benzene rings is 2. The molecule has 8 saturated heterocycles. The van der Waals surface area contributed by atoms with E-state index in [2.05, 4.69) is 0 Å². The lowest BCUT2D eigenvalue weighted by molar-refractivity contribution is -0.149. The molecule has 8 fully saturated rings. The Morgan fingerprint density at radius 3 is 1.38 bits per heavy atom. The van der Waals surface area contributed by atoms with Crippen LogP contribution in [0.1, 0.15) is 62.8 Å². The van der Waals surface area contributed by atoms with Gasteiger partial charge in [-0.15, -0.1) is 0 Å². The molecule has 2 spiro atoms. The number of nitrogens with zero attached hydrogens (tertiary/aromatic N) is 4. The number of amides is 2. The number of nitriles is 2. The number of carbonyl (C=O) groups excluding carboxylic acids is 2. The van der Waals surface area contributed by atoms with Gasteiger partial charge in [0.15, 0.2) is 0 Å². The predicted octanol–water partition coefficient (Wildman–Crippen LogP) is 4.81. The number of ether oxygens (including phenoxy) is 4. The molecule has 0 aliphatic carbocycles. The molecule has 0 saturated carbocycles. The van der Waals surface area contributed by atoms with Crippen LogP contribution >= 0.6 is 0 Å². The first-order chi connectivity index (χ1) is 27.1. The minimum atomic E-state index is -4.71. The summed E-state index contributed by atoms with van der Waals surface area (Å²) in [7, 11) is 0. The highest BCUT2D eigenvalue weighted by atomic mass is 19.4. The molecule has 12 nitrogen and oxygen atoms in total. The highest BCUT2D eigenvalue weighted by molar-refractivity contribution is 6.01. The number of carbonyl (C=O) groups is 2. The van der Waals surface area contributed by atoms with Crippen LogP contribution in [-0.2, 0) is 40.9 Å². The highest BCUT2D eigenvalue weighted by Crippen LogP contribution is 2.68. The van der Waals surface area contributed by atoms with Crippen molar-refractivity contribution in [3.8, 4) is 12.1 Å². The van der Waals surface area contributed by atoms with Gasteiger partial charge in [0.25, 0.3) is 0 Å². The van der Waals surface area contributed by atoms with Gasteiger partial charge in [-0.1, -0.05) is 13.8 Å². The summed E-state index contributed by atoms with van der Waals surface area (Å²) in [6.45, 7) is 8.31. The van der Waals surface area contributed by atoms with Gasteiger partial charge in [0.05, 0.1) is 81.8 Å². The minimum Gasteiger partial charge on any atom is -0.365 e. The lowest BCUT2D eigenvalue weighted by Crippen LogP contribution is -2.60. The second kappa shape index (κ2) is 12.1. The molecule has 4 N–H and O–H groups in total. The molecule has 8 aliphatic rings. The maximum Gasteiger partial charge on any atom is 0.417 e. The molecule has 2 aromatic rings. The Labute approximate surface area is 328 Å². The standard InChI is InChI=1S/2C20H20F3N3O3/c2*1-9-15(25)18(2)13-14-17(28-6-5-19(9,14)29-18)26(16(13)27)11-4-3-10(8-24)12(7-11)20(21,22)23/h2*3-4,7,9,13-15,17H,5-6,25H2,1-2H3/t2*9-,13+,14-,15-,17-,18-,19-/m10/s1. The Balaban J connectivity index is 0.000000150. The van der Waals surface area contributed by atoms with Crippen LogP contribution in [-0.4, -0.2) is 72.0 Å². The average molecular weight is 815 g/mol. The molecule has 58 heavy (non-hydrogen) atoms. The summed E-state index contributed by atoms with van der Waals surface area (Å²) in [6, 6.07) is 9.07. The summed E-state index contributed by atoms with van der Waals surface area (Å²) < 4.78 is 105. The number of anilines is 2. The third kappa shape index (κ3) is 4.73. The number of nitrogens with two attached hydrogens (primary N) is 2. The predicted molar refractivity (Wildman–Crippen MR) is 189 cm³/mol. The number of halogens is 6. The van der Waals surface area contributed by atoms with Gasteiger partial charge in [-0.05, 0) is 50.2 Å². The topological polar surface area (TPSA) is 177 Å². The van der Waals surface area contributed by atoms with Crippen LogP contribution < -0.4 is 21.3 Å². The van der Waals surface area contributed by atoms with E-state index in [1.54, 1.807) is 12.1 Å². The molecule has 2 amide bonds. The first kappa shape index (κ1) is 39.2. The van der Waals surface area contributed by atoms with Crippen LogP contribution in [0.15, 0.2) is 36.4 Å². The maximum atomic E-state index is 13.5. The number of alkyl halides is 6. The lowest BCUT2D eigenvalue weighted by Gasteiger charge is -2.46. The van der Waals surface area contributed by atoms with Crippen LogP contribution in [0, 0.1) is 58.2 Å². The number of fused-ring (bicyclic) bond motifs is 4. The minimum absolute atomic E-state index is 0.000369. The molecule has 8 heterocycles. The Morgan fingerprint density at radius 2 is 1.05 bits per heavy atom. The van der Waals surface area contributed by atoms with Gasteiger partial charge >= 0.3 is 12.4 Å². The zero-order chi connectivity index (χ0) is 41.9. The van der Waals surface area contributed by atoms with E-state index in [1.807, 2.05) is 27.7 Å². The number of hydrogen-bond donors (Lipinski definition) is 2. The van der Waals surface area contributed by atoms with Crippen LogP contribution in [0.3, 0.4) is 0 Å². The van der Waals surface area contributed by atoms with E-state index in [4.69, 9.17) is 40.9 Å². The van der Waals surface area contributed by atoms with E-state index in [0.29, 0.717) is 26.1 Å². The van der Waals surface area contributed by atoms with E-state index in [0.717, 1.165) is 24.3 Å². The zero-order valence-corrected chi connectivity index (χ0v) is 31.7. The molecule has 14 atom stereocenters. The third-order valence-corrected chi connectivity index (χ3v) is 15.0. The highest BCUT2D eigenvalue weighted by Gasteiger charge is 2.81. The van der Waals surface area contributed by atoms with E-state index < -0.39 is 81.3 Å². The first-order valence-corrected chi connectivity index (χ1v) is 19.2. The van der Waals surface area contributed by atoms with Crippen LogP contribution in [0.2, 0.25) is 0 Å². The molecule has 10 rings (SSSR count). The lowest BCUT2D eigenvalue weighted by atomic mass is 9.59. The molecule has 0 unspecified atom stereocenters. The van der Waals surface area contributed by atoms with E-state index in [-0.39, 0.29) is 58.9 Å². The molecule has 4 bridgehead atoms. The third-order valence-electron chi connectivity index (χ3n) is 15.0. The zero-order valence-electron chi connectivity index (χ0n) is 31.7. The van der Waals surface area contributed by atoms with Gasteiger partial charge in [0.2, 0.25) is 11.8 Å². The van der Waals surface area contributed by atoms with Gasteiger partial charge in [-0.3, -0.25) is 19.4 Å². The van der Waals surface area contributed by atoms with Gasteiger partial charge in [-0.25, -0.2) is 0 Å². The molecular weight excluding hydrogens is 774 g/mol. The van der Waals surface area contributed by atoms with E-state index in [9.17, 15) is 35.9 Å². The second-order valence-corrected chi connectivity index (χ2v) is 17.2. The van der Waals surface area contributed by atoms with Crippen LogP contribution in [0.25, 0.3) is 0 Å². The van der Waals surface area contributed by atoms with Crippen molar-refractivity contribution >= 4 is 23.2 Å². The molecular formula is C40H40F6N6O6. The molecule has 308 valence electrons. The van der Waals surface area contributed by atoms with Gasteiger partial charge < -0.3 is 30.4 Å². The quantitative estimate of drug-likeness (QED) is 0.400. The summed E-state index contributed by atoms with van der Waals surface area (Å²) in [5, 5.41) is 18.1. The van der Waals surface area contributed by atoms with Crippen molar-refractivity contribution in [3.63, 3.8) is 0 Å². The first-order valence-electron chi connectivity index (χ1n) is 19.2. The summed E-state index contributed by atoms with van der Waals surface area (Å²) in [5.74, 6) is -2.44. The fourth-order valence-electron chi connectivity index (χ4n) is 12.3. The number of hydrogen-bond acceptors (Lipinski definition) is 10. The summed E-state index contributed by atoms with van der Waals surface area (Å²) in [4.78, 5) is 29.5. The summed E-state index contributed by atoms with van der Waals surface area (Å²) in [6.07, 6.45) is -9.66. The Hall–Kier alpha value is -4.30. The van der Waals surface area contributed by atoms with E-state index >= 15 is 0 Å².